The average Bonchev–Trinajstić information content (AvgIpc) is 2.75. The Morgan fingerprint density at radius 2 is 1.39 bits per heavy atom. The van der Waals surface area contributed by atoms with Gasteiger partial charge in [0.15, 0.2) is 5.78 Å². The van der Waals surface area contributed by atoms with E-state index in [0.29, 0.717) is 11.1 Å². The monoisotopic (exact) mass is 423 g/mol. The molecule has 0 radical (unpaired) electrons. The van der Waals surface area contributed by atoms with Crippen LogP contribution in [0.1, 0.15) is 77.9 Å². The molecule has 3 rings (SSSR count). The van der Waals surface area contributed by atoms with E-state index in [1.165, 1.54) is 16.0 Å². The molecule has 0 unspecified atom stereocenters. The van der Waals surface area contributed by atoms with Gasteiger partial charge in [-0.25, -0.2) is 0 Å². The summed E-state index contributed by atoms with van der Waals surface area (Å²) < 4.78 is 0. The zero-order valence-electron chi connectivity index (χ0n) is 18.9. The van der Waals surface area contributed by atoms with Gasteiger partial charge in [0.25, 0.3) is 5.91 Å². The average molecular weight is 424 g/mol. The van der Waals surface area contributed by atoms with Crippen LogP contribution in [0.25, 0.3) is 0 Å². The van der Waals surface area contributed by atoms with Gasteiger partial charge >= 0.3 is 0 Å². The van der Waals surface area contributed by atoms with Crippen LogP contribution in [0.5, 0.6) is 0 Å². The molecule has 1 aliphatic rings. The Bertz CT molecular complexity index is 971. The summed E-state index contributed by atoms with van der Waals surface area (Å²) in [7, 11) is 0. The Kier molecular flexibility index (Phi) is 6.68. The summed E-state index contributed by atoms with van der Waals surface area (Å²) in [6.07, 6.45) is 2.15. The number of amides is 1. The summed E-state index contributed by atoms with van der Waals surface area (Å²) in [6.45, 7) is 8.70. The summed E-state index contributed by atoms with van der Waals surface area (Å²) in [5.41, 5.74) is 3.71. The number of benzene rings is 2. The fraction of sp³-hybridized carbons (Fsp3) is 0.462. The van der Waals surface area contributed by atoms with Crippen LogP contribution in [-0.2, 0) is 10.8 Å². The minimum absolute atomic E-state index is 0.0183. The highest BCUT2D eigenvalue weighted by atomic mass is 16.3. The van der Waals surface area contributed by atoms with Gasteiger partial charge in [-0.05, 0) is 46.9 Å². The van der Waals surface area contributed by atoms with Crippen LogP contribution < -0.4 is 0 Å². The van der Waals surface area contributed by atoms with Crippen LogP contribution in [0.4, 0.5) is 0 Å². The lowest BCUT2D eigenvalue weighted by Gasteiger charge is -2.42. The predicted octanol–water partition coefficient (Wildman–Crippen LogP) is 3.69. The molecule has 0 saturated heterocycles. The van der Waals surface area contributed by atoms with E-state index in [9.17, 15) is 19.8 Å². The van der Waals surface area contributed by atoms with Crippen molar-refractivity contribution in [2.45, 2.75) is 51.4 Å². The van der Waals surface area contributed by atoms with Crippen molar-refractivity contribution in [1.29, 1.82) is 0 Å². The maximum Gasteiger partial charge on any atom is 0.254 e. The predicted molar refractivity (Wildman–Crippen MR) is 122 cm³/mol. The van der Waals surface area contributed by atoms with Gasteiger partial charge in [-0.2, -0.15) is 0 Å². The number of rotatable bonds is 7. The van der Waals surface area contributed by atoms with Crippen LogP contribution in [0.3, 0.4) is 0 Å². The first-order valence-electron chi connectivity index (χ1n) is 10.9. The molecular weight excluding hydrogens is 390 g/mol. The molecule has 0 aliphatic heterocycles. The first kappa shape index (κ1) is 23.2. The van der Waals surface area contributed by atoms with E-state index in [4.69, 9.17) is 0 Å². The molecule has 0 atom stereocenters. The maximum atomic E-state index is 13.5. The number of carbonyl (C=O) groups excluding carboxylic acids is 2. The molecule has 0 bridgehead atoms. The molecule has 5 heteroatoms. The molecule has 0 saturated carbocycles. The Morgan fingerprint density at radius 3 is 1.97 bits per heavy atom. The third kappa shape index (κ3) is 4.58. The molecule has 2 N–H and O–H groups in total. The zero-order chi connectivity index (χ0) is 22.8. The lowest BCUT2D eigenvalue weighted by Crippen LogP contribution is -2.36. The quantitative estimate of drug-likeness (QED) is 0.666. The van der Waals surface area contributed by atoms with Crippen molar-refractivity contribution in [3.63, 3.8) is 0 Å². The smallest absolute Gasteiger partial charge is 0.254 e. The first-order chi connectivity index (χ1) is 14.6. The number of ketones is 1. The highest BCUT2D eigenvalue weighted by Gasteiger charge is 2.37. The maximum absolute atomic E-state index is 13.5. The highest BCUT2D eigenvalue weighted by molar-refractivity contribution is 6.15. The number of nitrogens with zero attached hydrogens (tertiary/aromatic N) is 1. The number of carbonyl (C=O) groups is 2. The van der Waals surface area contributed by atoms with E-state index < -0.39 is 0 Å². The van der Waals surface area contributed by atoms with Crippen molar-refractivity contribution in [3.05, 3.63) is 70.3 Å². The SMILES string of the molecule is CC1(C)CCC(C)(C)c2cc(C(=O)c3ccccc3C(=O)N(CCO)CCO)ccc21. The number of hydrogen-bond donors (Lipinski definition) is 2. The molecule has 2 aromatic carbocycles. The molecule has 166 valence electrons. The lowest BCUT2D eigenvalue weighted by molar-refractivity contribution is 0.0681. The minimum atomic E-state index is -0.369. The molecule has 1 aliphatic carbocycles. The van der Waals surface area contributed by atoms with Gasteiger partial charge in [0.2, 0.25) is 0 Å². The van der Waals surface area contributed by atoms with Gasteiger partial charge < -0.3 is 15.1 Å². The number of aliphatic hydroxyl groups is 2. The van der Waals surface area contributed by atoms with Gasteiger partial charge in [0.1, 0.15) is 0 Å². The normalized spacial score (nSPS) is 16.5. The second-order valence-electron chi connectivity index (χ2n) is 9.64. The summed E-state index contributed by atoms with van der Waals surface area (Å²) in [4.78, 5) is 27.9. The summed E-state index contributed by atoms with van der Waals surface area (Å²) in [5.74, 6) is -0.564. The second kappa shape index (κ2) is 8.93. The summed E-state index contributed by atoms with van der Waals surface area (Å²) in [5, 5.41) is 18.6. The number of hydrogen-bond acceptors (Lipinski definition) is 4. The second-order valence-corrected chi connectivity index (χ2v) is 9.64. The van der Waals surface area contributed by atoms with Gasteiger partial charge in [-0.3, -0.25) is 9.59 Å². The van der Waals surface area contributed by atoms with Crippen molar-refractivity contribution >= 4 is 11.7 Å². The number of aliphatic hydroxyl groups excluding tert-OH is 2. The van der Waals surface area contributed by atoms with Crippen LogP contribution in [0.2, 0.25) is 0 Å². The summed E-state index contributed by atoms with van der Waals surface area (Å²) >= 11 is 0. The largest absolute Gasteiger partial charge is 0.395 e. The Balaban J connectivity index is 2.03. The van der Waals surface area contributed by atoms with E-state index in [1.807, 2.05) is 12.1 Å². The molecule has 0 aromatic heterocycles. The van der Waals surface area contributed by atoms with Gasteiger partial charge in [0, 0.05) is 24.2 Å². The van der Waals surface area contributed by atoms with E-state index in [-0.39, 0.29) is 54.4 Å². The molecule has 2 aromatic rings. The van der Waals surface area contributed by atoms with Crippen molar-refractivity contribution in [2.24, 2.45) is 0 Å². The van der Waals surface area contributed by atoms with Gasteiger partial charge in [-0.1, -0.05) is 58.0 Å². The molecule has 0 fully saturated rings. The van der Waals surface area contributed by atoms with Gasteiger partial charge in [0.05, 0.1) is 18.8 Å². The van der Waals surface area contributed by atoms with Crippen molar-refractivity contribution in [1.82, 2.24) is 4.90 Å². The van der Waals surface area contributed by atoms with E-state index in [0.717, 1.165) is 12.8 Å². The third-order valence-electron chi connectivity index (χ3n) is 6.54. The molecule has 31 heavy (non-hydrogen) atoms. The zero-order valence-corrected chi connectivity index (χ0v) is 18.9. The van der Waals surface area contributed by atoms with Crippen LogP contribution in [-0.4, -0.2) is 53.1 Å². The van der Waals surface area contributed by atoms with E-state index in [2.05, 4.69) is 33.8 Å². The summed E-state index contributed by atoms with van der Waals surface area (Å²) in [6, 6.07) is 12.7. The fourth-order valence-electron chi connectivity index (χ4n) is 4.48. The van der Waals surface area contributed by atoms with E-state index in [1.54, 1.807) is 24.3 Å². The lowest BCUT2D eigenvalue weighted by atomic mass is 9.63. The Morgan fingerprint density at radius 1 is 0.839 bits per heavy atom. The Labute approximate surface area is 184 Å². The van der Waals surface area contributed by atoms with E-state index >= 15 is 0 Å². The minimum Gasteiger partial charge on any atom is -0.395 e. The van der Waals surface area contributed by atoms with Crippen LogP contribution in [0, 0.1) is 0 Å². The highest BCUT2D eigenvalue weighted by Crippen LogP contribution is 2.46. The molecule has 0 heterocycles. The molecule has 5 nitrogen and oxygen atoms in total. The Hall–Kier alpha value is -2.50. The van der Waals surface area contributed by atoms with Gasteiger partial charge in [-0.15, -0.1) is 0 Å². The first-order valence-corrected chi connectivity index (χ1v) is 10.9. The van der Waals surface area contributed by atoms with Crippen LogP contribution in [0.15, 0.2) is 42.5 Å². The number of fused-ring (bicyclic) bond motifs is 1. The standard InChI is InChI=1S/C26H33NO4/c1-25(2)11-12-26(3,4)22-17-18(9-10-21(22)25)23(30)19-7-5-6-8-20(19)24(31)27(13-15-28)14-16-29/h5-10,17,28-29H,11-16H2,1-4H3. The molecular formula is C26H33NO4. The van der Waals surface area contributed by atoms with Crippen molar-refractivity contribution < 1.29 is 19.8 Å². The molecule has 1 amide bonds. The third-order valence-corrected chi connectivity index (χ3v) is 6.54. The van der Waals surface area contributed by atoms with Crippen LogP contribution >= 0.6 is 0 Å². The van der Waals surface area contributed by atoms with Crippen molar-refractivity contribution in [3.8, 4) is 0 Å². The topological polar surface area (TPSA) is 77.8 Å². The van der Waals surface area contributed by atoms with Crippen molar-refractivity contribution in [2.75, 3.05) is 26.3 Å². The fourth-order valence-corrected chi connectivity index (χ4v) is 4.48. The molecule has 0 spiro atoms.